The second-order valence-electron chi connectivity index (χ2n) is 8.18. The van der Waals surface area contributed by atoms with Crippen molar-refractivity contribution < 1.29 is 22.7 Å². The summed E-state index contributed by atoms with van der Waals surface area (Å²) in [6, 6.07) is 17.5. The number of anilines is 1. The highest BCUT2D eigenvalue weighted by Crippen LogP contribution is 2.28. The van der Waals surface area contributed by atoms with Gasteiger partial charge in [-0.2, -0.15) is 9.40 Å². The monoisotopic (exact) mass is 496 g/mol. The van der Waals surface area contributed by atoms with E-state index in [1.165, 1.54) is 21.3 Å². The molecule has 1 aliphatic rings. The number of amides is 1. The summed E-state index contributed by atoms with van der Waals surface area (Å²) in [6.07, 6.45) is 1.83. The molecule has 0 bridgehead atoms. The van der Waals surface area contributed by atoms with Crippen molar-refractivity contribution >= 4 is 27.6 Å². The Morgan fingerprint density at radius 3 is 2.37 bits per heavy atom. The molecular formula is C25H28N4O5S. The minimum atomic E-state index is -3.58. The summed E-state index contributed by atoms with van der Waals surface area (Å²) >= 11 is 0. The van der Waals surface area contributed by atoms with Crippen molar-refractivity contribution in [3.8, 4) is 5.69 Å². The summed E-state index contributed by atoms with van der Waals surface area (Å²) in [5, 5.41) is 4.42. The second-order valence-corrected chi connectivity index (χ2v) is 10.1. The van der Waals surface area contributed by atoms with E-state index in [9.17, 15) is 18.0 Å². The molecule has 0 radical (unpaired) electrons. The standard InChI is InChI=1S/C25H28N4O5S/c1-3-27(4-2)35(32,33)23-12-10-21(11-13-23)28-17-19(16-24(28)30)25(31)34-18-20-14-15-29(26-20)22-8-6-5-7-9-22/h5-15,19H,3-4,16-18H2,1-2H3. The summed E-state index contributed by atoms with van der Waals surface area (Å²) in [5.41, 5.74) is 2.05. The molecule has 1 fully saturated rings. The van der Waals surface area contributed by atoms with Crippen molar-refractivity contribution in [2.45, 2.75) is 31.8 Å². The number of rotatable bonds is 9. The van der Waals surface area contributed by atoms with Crippen molar-refractivity contribution in [3.05, 3.63) is 72.6 Å². The number of hydrogen-bond donors (Lipinski definition) is 0. The zero-order valence-electron chi connectivity index (χ0n) is 19.7. The van der Waals surface area contributed by atoms with E-state index in [2.05, 4.69) is 5.10 Å². The third-order valence-electron chi connectivity index (χ3n) is 5.98. The predicted molar refractivity (Wildman–Crippen MR) is 130 cm³/mol. The Kier molecular flexibility index (Phi) is 7.32. The molecule has 0 aliphatic carbocycles. The van der Waals surface area contributed by atoms with Gasteiger partial charge in [0.1, 0.15) is 12.3 Å². The average Bonchev–Trinajstić information content (AvgIpc) is 3.51. The maximum absolute atomic E-state index is 12.7. The van der Waals surface area contributed by atoms with Crippen molar-refractivity contribution in [2.24, 2.45) is 5.92 Å². The van der Waals surface area contributed by atoms with Gasteiger partial charge in [-0.1, -0.05) is 32.0 Å². The highest BCUT2D eigenvalue weighted by atomic mass is 32.2. The molecule has 9 nitrogen and oxygen atoms in total. The van der Waals surface area contributed by atoms with Gasteiger partial charge in [0.05, 0.1) is 16.5 Å². The Labute approximate surface area is 205 Å². The van der Waals surface area contributed by atoms with E-state index in [4.69, 9.17) is 4.74 Å². The van der Waals surface area contributed by atoms with Crippen LogP contribution >= 0.6 is 0 Å². The zero-order chi connectivity index (χ0) is 25.0. The predicted octanol–water partition coefficient (Wildman–Crippen LogP) is 3.00. The van der Waals surface area contributed by atoms with Crippen molar-refractivity contribution in [2.75, 3.05) is 24.5 Å². The number of carbonyl (C=O) groups excluding carboxylic acids is 2. The number of nitrogens with zero attached hydrogens (tertiary/aromatic N) is 4. The van der Waals surface area contributed by atoms with E-state index in [1.807, 2.05) is 30.3 Å². The summed E-state index contributed by atoms with van der Waals surface area (Å²) in [7, 11) is -3.58. The highest BCUT2D eigenvalue weighted by molar-refractivity contribution is 7.89. The molecule has 35 heavy (non-hydrogen) atoms. The van der Waals surface area contributed by atoms with Crippen LogP contribution in [0.25, 0.3) is 5.69 Å². The lowest BCUT2D eigenvalue weighted by atomic mass is 10.1. The van der Waals surface area contributed by atoms with Crippen LogP contribution in [0.5, 0.6) is 0 Å². The quantitative estimate of drug-likeness (QED) is 0.422. The van der Waals surface area contributed by atoms with Crippen LogP contribution in [0.1, 0.15) is 26.0 Å². The summed E-state index contributed by atoms with van der Waals surface area (Å²) in [4.78, 5) is 26.9. The molecule has 1 atom stereocenters. The molecule has 1 unspecified atom stereocenters. The number of aromatic nitrogens is 2. The van der Waals surface area contributed by atoms with Crippen LogP contribution in [0.2, 0.25) is 0 Å². The summed E-state index contributed by atoms with van der Waals surface area (Å²) < 4.78 is 33.9. The molecular weight excluding hydrogens is 468 g/mol. The maximum Gasteiger partial charge on any atom is 0.311 e. The Morgan fingerprint density at radius 1 is 1.03 bits per heavy atom. The van der Waals surface area contributed by atoms with Gasteiger partial charge in [-0.05, 0) is 42.5 Å². The van der Waals surface area contributed by atoms with E-state index in [0.29, 0.717) is 24.5 Å². The molecule has 2 aromatic carbocycles. The number of esters is 1. The lowest BCUT2D eigenvalue weighted by Gasteiger charge is -2.20. The third-order valence-corrected chi connectivity index (χ3v) is 8.04. The number of sulfonamides is 1. The van der Waals surface area contributed by atoms with E-state index in [0.717, 1.165) is 5.69 Å². The molecule has 184 valence electrons. The zero-order valence-corrected chi connectivity index (χ0v) is 20.5. The Hall–Kier alpha value is -3.50. The number of hydrogen-bond acceptors (Lipinski definition) is 6. The van der Waals surface area contributed by atoms with Crippen LogP contribution < -0.4 is 4.90 Å². The maximum atomic E-state index is 12.7. The fourth-order valence-corrected chi connectivity index (χ4v) is 5.51. The lowest BCUT2D eigenvalue weighted by molar-refractivity contribution is -0.149. The molecule has 10 heteroatoms. The molecule has 4 rings (SSSR count). The first-order valence-electron chi connectivity index (χ1n) is 11.5. The largest absolute Gasteiger partial charge is 0.459 e. The van der Waals surface area contributed by atoms with E-state index < -0.39 is 21.9 Å². The highest BCUT2D eigenvalue weighted by Gasteiger charge is 2.36. The van der Waals surface area contributed by atoms with Crippen LogP contribution in [-0.2, 0) is 31.0 Å². The van der Waals surface area contributed by atoms with Gasteiger partial charge in [0.2, 0.25) is 15.9 Å². The van der Waals surface area contributed by atoms with Crippen LogP contribution in [0.3, 0.4) is 0 Å². The first kappa shape index (κ1) is 24.6. The lowest BCUT2D eigenvalue weighted by Crippen LogP contribution is -2.30. The first-order chi connectivity index (χ1) is 16.8. The Morgan fingerprint density at radius 2 is 1.71 bits per heavy atom. The number of carbonyl (C=O) groups is 2. The van der Waals surface area contributed by atoms with Crippen LogP contribution in [0.15, 0.2) is 71.8 Å². The normalized spacial score (nSPS) is 16.1. The van der Waals surface area contributed by atoms with E-state index in [1.54, 1.807) is 42.9 Å². The van der Waals surface area contributed by atoms with Gasteiger partial charge in [-0.3, -0.25) is 9.59 Å². The summed E-state index contributed by atoms with van der Waals surface area (Å²) in [6.45, 7) is 4.52. The number of ether oxygens (including phenoxy) is 1. The topological polar surface area (TPSA) is 102 Å². The van der Waals surface area contributed by atoms with Crippen molar-refractivity contribution in [1.82, 2.24) is 14.1 Å². The molecule has 0 saturated carbocycles. The molecule has 1 aromatic heterocycles. The summed E-state index contributed by atoms with van der Waals surface area (Å²) in [5.74, 6) is -1.27. The van der Waals surface area contributed by atoms with Crippen LogP contribution in [0, 0.1) is 5.92 Å². The fourth-order valence-electron chi connectivity index (χ4n) is 4.05. The molecule has 3 aromatic rings. The van der Waals surface area contributed by atoms with Crippen molar-refractivity contribution in [1.29, 1.82) is 0 Å². The average molecular weight is 497 g/mol. The van der Waals surface area contributed by atoms with E-state index >= 15 is 0 Å². The SMILES string of the molecule is CCN(CC)S(=O)(=O)c1ccc(N2CC(C(=O)OCc3ccn(-c4ccccc4)n3)CC2=O)cc1. The smallest absolute Gasteiger partial charge is 0.311 e. The molecule has 0 spiro atoms. The van der Waals surface area contributed by atoms with Gasteiger partial charge in [-0.25, -0.2) is 13.1 Å². The molecule has 2 heterocycles. The van der Waals surface area contributed by atoms with Crippen molar-refractivity contribution in [3.63, 3.8) is 0 Å². The van der Waals surface area contributed by atoms with Crippen LogP contribution in [-0.4, -0.2) is 54.0 Å². The first-order valence-corrected chi connectivity index (χ1v) is 12.9. The van der Waals surface area contributed by atoms with Crippen LogP contribution in [0.4, 0.5) is 5.69 Å². The Bertz CT molecular complexity index is 1280. The third kappa shape index (κ3) is 5.28. The molecule has 1 amide bonds. The molecule has 1 aliphatic heterocycles. The molecule has 0 N–H and O–H groups in total. The second kappa shape index (κ2) is 10.4. The van der Waals surface area contributed by atoms with Gasteiger partial charge in [0.25, 0.3) is 0 Å². The van der Waals surface area contributed by atoms with E-state index in [-0.39, 0.29) is 30.4 Å². The number of benzene rings is 2. The number of para-hydroxylation sites is 1. The van der Waals surface area contributed by atoms with Gasteiger partial charge < -0.3 is 9.64 Å². The minimum absolute atomic E-state index is 0.0151. The fraction of sp³-hybridized carbons (Fsp3) is 0.320. The van der Waals surface area contributed by atoms with Gasteiger partial charge in [-0.15, -0.1) is 0 Å². The van der Waals surface area contributed by atoms with Gasteiger partial charge >= 0.3 is 5.97 Å². The van der Waals surface area contributed by atoms with Gasteiger partial charge in [0.15, 0.2) is 0 Å². The minimum Gasteiger partial charge on any atom is -0.459 e. The Balaban J connectivity index is 1.36. The van der Waals surface area contributed by atoms with Gasteiger partial charge in [0, 0.05) is 37.9 Å². The molecule has 1 saturated heterocycles.